The second-order valence-corrected chi connectivity index (χ2v) is 10.7. The average Bonchev–Trinajstić information content (AvgIpc) is 2.88. The first-order chi connectivity index (χ1) is 17.4. The molecule has 0 saturated heterocycles. The van der Waals surface area contributed by atoms with Crippen LogP contribution in [0.5, 0.6) is 0 Å². The van der Waals surface area contributed by atoms with E-state index < -0.39 is 12.5 Å². The van der Waals surface area contributed by atoms with Crippen LogP contribution in [0.15, 0.2) is 60.7 Å². The highest BCUT2D eigenvalue weighted by molar-refractivity contribution is 5.15. The maximum absolute atomic E-state index is 10.9. The predicted molar refractivity (Wildman–Crippen MR) is 149 cm³/mol. The quantitative estimate of drug-likeness (QED) is 0.138. The van der Waals surface area contributed by atoms with Gasteiger partial charge in [-0.1, -0.05) is 99.2 Å². The number of aliphatic hydroxyl groups excluding tert-OH is 3. The van der Waals surface area contributed by atoms with Crippen LogP contribution in [0.4, 0.5) is 0 Å². The number of quaternary nitrogens is 1. The van der Waals surface area contributed by atoms with E-state index in [4.69, 9.17) is 0 Å². The van der Waals surface area contributed by atoms with Gasteiger partial charge in [0.2, 0.25) is 0 Å². The molecule has 0 bridgehead atoms. The molecule has 0 radical (unpaired) electrons. The lowest BCUT2D eigenvalue weighted by molar-refractivity contribution is -0.954. The summed E-state index contributed by atoms with van der Waals surface area (Å²) in [5.74, 6) is 0. The summed E-state index contributed by atoms with van der Waals surface area (Å²) in [7, 11) is 4.08. The lowest BCUT2D eigenvalue weighted by atomic mass is 10.1. The number of nitrogens with zero attached hydrogens (tertiary/aromatic N) is 2. The van der Waals surface area contributed by atoms with Gasteiger partial charge in [-0.3, -0.25) is 9.38 Å². The maximum Gasteiger partial charge on any atom is 0.194 e. The number of likely N-dealkylation sites (N-methyl/N-ethyl adjacent to an activating group) is 2. The minimum absolute atomic E-state index is 0. The Kier molecular flexibility index (Phi) is 17.8. The fraction of sp³-hybridized carbons (Fsp3) is 0.613. The molecule has 0 fully saturated rings. The molecule has 210 valence electrons. The molecular weight excluding hydrogens is 484 g/mol. The zero-order valence-corrected chi connectivity index (χ0v) is 23.9. The second-order valence-electron chi connectivity index (χ2n) is 10.7. The monoisotopic (exact) mass is 534 g/mol. The molecule has 5 nitrogen and oxygen atoms in total. The van der Waals surface area contributed by atoms with Crippen molar-refractivity contribution in [1.29, 1.82) is 0 Å². The minimum atomic E-state index is -0.488. The fourth-order valence-corrected chi connectivity index (χ4v) is 4.89. The van der Waals surface area contributed by atoms with Crippen molar-refractivity contribution in [2.45, 2.75) is 83.1 Å². The molecule has 3 unspecified atom stereocenters. The van der Waals surface area contributed by atoms with E-state index >= 15 is 0 Å². The van der Waals surface area contributed by atoms with Crippen molar-refractivity contribution in [1.82, 2.24) is 4.90 Å². The number of aliphatic hydroxyl groups is 3. The molecule has 0 heterocycles. The number of benzene rings is 2. The second kappa shape index (κ2) is 19.6. The molecule has 3 atom stereocenters. The van der Waals surface area contributed by atoms with Crippen molar-refractivity contribution in [3.05, 3.63) is 71.8 Å². The van der Waals surface area contributed by atoms with E-state index in [0.29, 0.717) is 23.9 Å². The van der Waals surface area contributed by atoms with Crippen LogP contribution in [0.2, 0.25) is 0 Å². The fourth-order valence-electron chi connectivity index (χ4n) is 4.89. The SMILES string of the molecule is CN(CCCCCCCCCCC[N+](C)(CCO)C(O)Cc1ccccc1)C(O)Cc1ccccc1.[Cl-]. The van der Waals surface area contributed by atoms with Crippen molar-refractivity contribution < 1.29 is 32.2 Å². The van der Waals surface area contributed by atoms with Gasteiger partial charge in [0.25, 0.3) is 0 Å². The van der Waals surface area contributed by atoms with Crippen LogP contribution in [-0.2, 0) is 12.8 Å². The molecule has 0 amide bonds. The van der Waals surface area contributed by atoms with Gasteiger partial charge in [0.05, 0.1) is 26.6 Å². The van der Waals surface area contributed by atoms with Gasteiger partial charge < -0.3 is 27.7 Å². The van der Waals surface area contributed by atoms with E-state index in [2.05, 4.69) is 36.2 Å². The summed E-state index contributed by atoms with van der Waals surface area (Å²) in [6.07, 6.45) is 11.4. The third kappa shape index (κ3) is 13.8. The smallest absolute Gasteiger partial charge is 0.194 e. The average molecular weight is 535 g/mol. The highest BCUT2D eigenvalue weighted by Gasteiger charge is 2.30. The van der Waals surface area contributed by atoms with Gasteiger partial charge in [0, 0.05) is 13.0 Å². The Balaban J connectivity index is 0.00000684. The van der Waals surface area contributed by atoms with Crippen LogP contribution in [0.3, 0.4) is 0 Å². The molecule has 2 aromatic rings. The highest BCUT2D eigenvalue weighted by Crippen LogP contribution is 2.17. The van der Waals surface area contributed by atoms with Gasteiger partial charge in [-0.05, 0) is 37.4 Å². The largest absolute Gasteiger partial charge is 1.00 e. The summed E-state index contributed by atoms with van der Waals surface area (Å²) in [4.78, 5) is 2.06. The Morgan fingerprint density at radius 3 is 1.65 bits per heavy atom. The number of halogens is 1. The first-order valence-corrected chi connectivity index (χ1v) is 14.0. The topological polar surface area (TPSA) is 63.9 Å². The molecule has 2 aromatic carbocycles. The normalized spacial score (nSPS) is 14.6. The summed E-state index contributed by atoms with van der Waals surface area (Å²) in [5, 5.41) is 30.8. The van der Waals surface area contributed by atoms with E-state index in [-0.39, 0.29) is 19.0 Å². The zero-order valence-electron chi connectivity index (χ0n) is 23.1. The molecule has 0 aromatic heterocycles. The van der Waals surface area contributed by atoms with E-state index in [1.165, 1.54) is 50.5 Å². The van der Waals surface area contributed by atoms with Crippen molar-refractivity contribution in [3.63, 3.8) is 0 Å². The van der Waals surface area contributed by atoms with E-state index in [9.17, 15) is 15.3 Å². The van der Waals surface area contributed by atoms with Gasteiger partial charge in [0.1, 0.15) is 12.8 Å². The molecule has 0 spiro atoms. The molecule has 0 saturated carbocycles. The molecule has 0 aliphatic rings. The Hall–Kier alpha value is -1.47. The van der Waals surface area contributed by atoms with Crippen molar-refractivity contribution in [2.75, 3.05) is 40.3 Å². The van der Waals surface area contributed by atoms with Crippen molar-refractivity contribution in [3.8, 4) is 0 Å². The van der Waals surface area contributed by atoms with Gasteiger partial charge >= 0.3 is 0 Å². The summed E-state index contributed by atoms with van der Waals surface area (Å²) in [6.45, 7) is 2.53. The summed E-state index contributed by atoms with van der Waals surface area (Å²) < 4.78 is 0.514. The Bertz CT molecular complexity index is 796. The standard InChI is InChI=1S/C31H51N2O3.ClH/c1-32(30(35)26-28-18-12-10-13-19-28)22-16-8-6-4-3-5-7-9-17-23-33(2,24-25-34)31(36)27-29-20-14-11-15-21-29;/h10-15,18-21,30-31,34-36H,3-9,16-17,22-27H2,1-2H3;1H/q+1;/p-1. The van der Waals surface area contributed by atoms with Crippen LogP contribution in [0.25, 0.3) is 0 Å². The first kappa shape index (κ1) is 33.6. The molecular formula is C31H51ClN2O3. The lowest BCUT2D eigenvalue weighted by Gasteiger charge is -2.38. The van der Waals surface area contributed by atoms with Gasteiger partial charge in [-0.25, -0.2) is 0 Å². The van der Waals surface area contributed by atoms with E-state index in [1.54, 1.807) is 0 Å². The van der Waals surface area contributed by atoms with E-state index in [0.717, 1.165) is 31.5 Å². The first-order valence-electron chi connectivity index (χ1n) is 14.0. The van der Waals surface area contributed by atoms with Gasteiger partial charge in [-0.15, -0.1) is 0 Å². The molecule has 3 N–H and O–H groups in total. The Morgan fingerprint density at radius 2 is 1.14 bits per heavy atom. The van der Waals surface area contributed by atoms with Crippen molar-refractivity contribution >= 4 is 0 Å². The number of hydrogen-bond donors (Lipinski definition) is 3. The molecule has 2 rings (SSSR count). The summed E-state index contributed by atoms with van der Waals surface area (Å²) in [5.41, 5.74) is 2.32. The number of hydrogen-bond acceptors (Lipinski definition) is 4. The van der Waals surface area contributed by atoms with Crippen LogP contribution in [0, 0.1) is 0 Å². The van der Waals surface area contributed by atoms with Crippen LogP contribution in [0.1, 0.15) is 68.9 Å². The molecule has 37 heavy (non-hydrogen) atoms. The third-order valence-electron chi connectivity index (χ3n) is 7.54. The number of unbranched alkanes of at least 4 members (excludes halogenated alkanes) is 8. The summed E-state index contributed by atoms with van der Waals surface area (Å²) >= 11 is 0. The van der Waals surface area contributed by atoms with Gasteiger partial charge in [0.15, 0.2) is 6.23 Å². The summed E-state index contributed by atoms with van der Waals surface area (Å²) in [6, 6.07) is 20.3. The maximum atomic E-state index is 10.9. The zero-order chi connectivity index (χ0) is 26.1. The van der Waals surface area contributed by atoms with Crippen LogP contribution >= 0.6 is 0 Å². The molecule has 0 aliphatic heterocycles. The Morgan fingerprint density at radius 1 is 0.676 bits per heavy atom. The van der Waals surface area contributed by atoms with Crippen LogP contribution in [-0.4, -0.2) is 77.5 Å². The van der Waals surface area contributed by atoms with E-state index in [1.807, 2.05) is 43.4 Å². The van der Waals surface area contributed by atoms with Crippen LogP contribution < -0.4 is 12.4 Å². The number of rotatable bonds is 20. The minimum Gasteiger partial charge on any atom is -1.00 e. The molecule has 6 heteroatoms. The van der Waals surface area contributed by atoms with Crippen molar-refractivity contribution in [2.24, 2.45) is 0 Å². The third-order valence-corrected chi connectivity index (χ3v) is 7.54. The highest BCUT2D eigenvalue weighted by atomic mass is 35.5. The Labute approximate surface area is 232 Å². The molecule has 0 aliphatic carbocycles. The predicted octanol–water partition coefficient (Wildman–Crippen LogP) is 1.99. The van der Waals surface area contributed by atoms with Gasteiger partial charge in [-0.2, -0.15) is 0 Å². The lowest BCUT2D eigenvalue weighted by Crippen LogP contribution is -3.00.